The molecule has 0 aromatic carbocycles. The SMILES string of the molecule is CC/C=C/C=C/C=C/CCCCCCCCCC(=O)NC(COP(=O)(O)OCC[N+](C)(C)C)C(/C=C\CCCCCCCCCCCCC)OC(=O)CCCCCCCCCCCCCCCCCCC/C=C/CCCCCCCC. The van der Waals surface area contributed by atoms with Gasteiger partial charge in [0.25, 0.3) is 0 Å². The third-order valence-corrected chi connectivity index (χ3v) is 16.5. The normalized spacial score (nSPS) is 13.9. The van der Waals surface area contributed by atoms with Gasteiger partial charge in [-0.05, 0) is 76.7 Å². The first-order valence-electron chi connectivity index (χ1n) is 34.6. The number of ether oxygens (including phenoxy) is 1. The predicted octanol–water partition coefficient (Wildman–Crippen LogP) is 21.8. The molecule has 81 heavy (non-hydrogen) atoms. The molecule has 0 saturated carbocycles. The van der Waals surface area contributed by atoms with E-state index in [9.17, 15) is 19.0 Å². The molecule has 0 rings (SSSR count). The average Bonchev–Trinajstić information content (AvgIpc) is 3.44. The number of carbonyl (C=O) groups is 2. The van der Waals surface area contributed by atoms with Crippen LogP contribution < -0.4 is 5.32 Å². The van der Waals surface area contributed by atoms with Gasteiger partial charge < -0.3 is 19.4 Å². The molecule has 0 radical (unpaired) electrons. The largest absolute Gasteiger partial charge is 0.472 e. The number of unbranched alkanes of at least 4 members (excludes halogenated alkanes) is 41. The highest BCUT2D eigenvalue weighted by atomic mass is 31.2. The number of amides is 1. The summed E-state index contributed by atoms with van der Waals surface area (Å²) in [6, 6.07) is -0.855. The Balaban J connectivity index is 5.02. The summed E-state index contributed by atoms with van der Waals surface area (Å²) in [5, 5.41) is 3.06. The van der Waals surface area contributed by atoms with E-state index in [1.165, 1.54) is 218 Å². The molecule has 0 fully saturated rings. The van der Waals surface area contributed by atoms with Gasteiger partial charge in [-0.2, -0.15) is 0 Å². The van der Waals surface area contributed by atoms with E-state index in [4.69, 9.17) is 13.8 Å². The molecule has 0 aliphatic heterocycles. The van der Waals surface area contributed by atoms with Crippen molar-refractivity contribution in [2.24, 2.45) is 0 Å². The van der Waals surface area contributed by atoms with E-state index in [-0.39, 0.29) is 25.1 Å². The Morgan fingerprint density at radius 2 is 0.802 bits per heavy atom. The van der Waals surface area contributed by atoms with Gasteiger partial charge in [0.1, 0.15) is 19.3 Å². The van der Waals surface area contributed by atoms with Crippen LogP contribution >= 0.6 is 7.82 Å². The molecule has 0 heterocycles. The first kappa shape index (κ1) is 78.7. The minimum Gasteiger partial charge on any atom is -0.456 e. The third-order valence-electron chi connectivity index (χ3n) is 15.5. The molecule has 0 aromatic heterocycles. The standard InChI is InChI=1S/C71H133N2O7P/c1-7-10-13-16-19-22-25-28-30-31-32-33-34-35-36-37-38-39-40-41-43-46-49-52-55-58-61-64-71(75)80-69(62-59-56-53-50-47-44-27-24-21-18-15-12-9-3)68(67-79-81(76,77)78-66-65-73(4,5)6)72-70(74)63-60-57-54-51-48-45-42-29-26-23-20-17-14-11-8-2/h11,14,17,20,23,26,28,30,59,62,68-69H,7-10,12-13,15-16,18-19,21-22,24-25,27,29,31-58,60-61,63-67H2,1-6H3,(H-,72,74,76,77)/p+1/b14-11+,20-17+,26-23+,30-28+,62-59-. The second-order valence-corrected chi connectivity index (χ2v) is 26.2. The molecule has 0 spiro atoms. The Labute approximate surface area is 502 Å². The number of quaternary nitrogens is 1. The number of phosphoric acid groups is 1. The number of esters is 1. The van der Waals surface area contributed by atoms with Gasteiger partial charge in [0.2, 0.25) is 5.91 Å². The molecule has 10 heteroatoms. The highest BCUT2D eigenvalue weighted by molar-refractivity contribution is 7.47. The summed E-state index contributed by atoms with van der Waals surface area (Å²) >= 11 is 0. The van der Waals surface area contributed by atoms with Gasteiger partial charge in [-0.3, -0.25) is 18.6 Å². The third kappa shape index (κ3) is 62.1. The van der Waals surface area contributed by atoms with Crippen molar-refractivity contribution in [1.82, 2.24) is 5.32 Å². The van der Waals surface area contributed by atoms with E-state index in [0.29, 0.717) is 23.9 Å². The van der Waals surface area contributed by atoms with Crippen molar-refractivity contribution in [1.29, 1.82) is 0 Å². The van der Waals surface area contributed by atoms with Crippen LogP contribution in [0.25, 0.3) is 0 Å². The van der Waals surface area contributed by atoms with E-state index in [1.54, 1.807) is 0 Å². The fraction of sp³-hybridized carbons (Fsp3) is 0.831. The maximum Gasteiger partial charge on any atom is 0.472 e. The Hall–Kier alpha value is -2.29. The number of nitrogens with one attached hydrogen (secondary N) is 1. The van der Waals surface area contributed by atoms with Crippen LogP contribution in [0.2, 0.25) is 0 Å². The molecular weight excluding hydrogens is 1020 g/mol. The average molecular weight is 1160 g/mol. The van der Waals surface area contributed by atoms with Gasteiger partial charge in [0.05, 0.1) is 33.8 Å². The van der Waals surface area contributed by atoms with Gasteiger partial charge in [0.15, 0.2) is 0 Å². The maximum absolute atomic E-state index is 13.6. The summed E-state index contributed by atoms with van der Waals surface area (Å²) in [6.45, 7) is 6.91. The minimum atomic E-state index is -4.45. The summed E-state index contributed by atoms with van der Waals surface area (Å²) in [5.74, 6) is -0.507. The van der Waals surface area contributed by atoms with Gasteiger partial charge in [0, 0.05) is 12.8 Å². The van der Waals surface area contributed by atoms with Crippen molar-refractivity contribution in [3.8, 4) is 0 Å². The number of hydrogen-bond donors (Lipinski definition) is 2. The molecule has 0 aromatic rings. The predicted molar refractivity (Wildman–Crippen MR) is 351 cm³/mol. The fourth-order valence-corrected chi connectivity index (χ4v) is 10.9. The lowest BCUT2D eigenvalue weighted by Gasteiger charge is -2.27. The van der Waals surface area contributed by atoms with Crippen LogP contribution in [0.3, 0.4) is 0 Å². The van der Waals surface area contributed by atoms with Crippen molar-refractivity contribution >= 4 is 19.7 Å². The summed E-state index contributed by atoms with van der Waals surface area (Å²) in [5.41, 5.74) is 0. The lowest BCUT2D eigenvalue weighted by Crippen LogP contribution is -2.47. The first-order valence-corrected chi connectivity index (χ1v) is 36.1. The van der Waals surface area contributed by atoms with E-state index in [1.807, 2.05) is 33.3 Å². The zero-order valence-electron chi connectivity index (χ0n) is 54.3. The van der Waals surface area contributed by atoms with Crippen molar-refractivity contribution in [2.45, 2.75) is 341 Å². The van der Waals surface area contributed by atoms with E-state index >= 15 is 0 Å². The summed E-state index contributed by atoms with van der Waals surface area (Å²) in [7, 11) is 1.49. The Kier molecular flexibility index (Phi) is 59.1. The number of hydrogen-bond acceptors (Lipinski definition) is 6. The molecule has 0 bridgehead atoms. The molecular formula is C71H134N2O7P+. The molecule has 0 saturated heterocycles. The number of carbonyl (C=O) groups excluding carboxylic acids is 2. The van der Waals surface area contributed by atoms with E-state index in [2.05, 4.69) is 74.7 Å². The van der Waals surface area contributed by atoms with E-state index < -0.39 is 20.0 Å². The van der Waals surface area contributed by atoms with Crippen LogP contribution in [0, 0.1) is 0 Å². The number of allylic oxidation sites excluding steroid dienone is 9. The van der Waals surface area contributed by atoms with Crippen molar-refractivity contribution in [2.75, 3.05) is 40.9 Å². The molecule has 0 aliphatic rings. The second-order valence-electron chi connectivity index (χ2n) is 24.7. The molecule has 0 aliphatic carbocycles. The molecule has 3 unspecified atom stereocenters. The summed E-state index contributed by atoms with van der Waals surface area (Å²) in [4.78, 5) is 37.8. The van der Waals surface area contributed by atoms with Crippen molar-refractivity contribution in [3.05, 3.63) is 60.8 Å². The quantitative estimate of drug-likeness (QED) is 0.0156. The number of nitrogens with zero attached hydrogens (tertiary/aromatic N) is 1. The number of rotatable bonds is 63. The molecule has 9 nitrogen and oxygen atoms in total. The van der Waals surface area contributed by atoms with E-state index in [0.717, 1.165) is 77.0 Å². The van der Waals surface area contributed by atoms with Crippen molar-refractivity contribution < 1.29 is 37.3 Å². The zero-order valence-corrected chi connectivity index (χ0v) is 55.2. The number of likely N-dealkylation sites (N-methyl/N-ethyl adjacent to an activating group) is 1. The lowest BCUT2D eigenvalue weighted by molar-refractivity contribution is -0.870. The summed E-state index contributed by atoms with van der Waals surface area (Å²) in [6.07, 6.45) is 78.1. The van der Waals surface area contributed by atoms with Crippen LogP contribution in [0.4, 0.5) is 0 Å². The van der Waals surface area contributed by atoms with Gasteiger partial charge in [-0.1, -0.05) is 300 Å². The van der Waals surface area contributed by atoms with Gasteiger partial charge >= 0.3 is 13.8 Å². The topological polar surface area (TPSA) is 111 Å². The fourth-order valence-electron chi connectivity index (χ4n) is 10.2. The molecule has 474 valence electrons. The summed E-state index contributed by atoms with van der Waals surface area (Å²) < 4.78 is 30.8. The van der Waals surface area contributed by atoms with Crippen LogP contribution in [0.1, 0.15) is 329 Å². The van der Waals surface area contributed by atoms with Crippen molar-refractivity contribution in [3.63, 3.8) is 0 Å². The highest BCUT2D eigenvalue weighted by Gasteiger charge is 2.30. The smallest absolute Gasteiger partial charge is 0.456 e. The van der Waals surface area contributed by atoms with Crippen LogP contribution in [-0.4, -0.2) is 74.3 Å². The second kappa shape index (κ2) is 60.8. The first-order chi connectivity index (χ1) is 39.4. The molecule has 1 amide bonds. The Morgan fingerprint density at radius 3 is 1.21 bits per heavy atom. The van der Waals surface area contributed by atoms with Gasteiger partial charge in [-0.15, -0.1) is 0 Å². The Morgan fingerprint density at radius 1 is 0.444 bits per heavy atom. The minimum absolute atomic E-state index is 0.0376. The zero-order chi connectivity index (χ0) is 59.3. The molecule has 2 N–H and O–H groups in total. The highest BCUT2D eigenvalue weighted by Crippen LogP contribution is 2.43. The molecule has 3 atom stereocenters. The van der Waals surface area contributed by atoms with Crippen LogP contribution in [0.5, 0.6) is 0 Å². The van der Waals surface area contributed by atoms with Crippen LogP contribution in [0.15, 0.2) is 60.8 Å². The number of phosphoric ester groups is 1. The monoisotopic (exact) mass is 1160 g/mol. The Bertz CT molecular complexity index is 1570. The lowest BCUT2D eigenvalue weighted by atomic mass is 10.0. The maximum atomic E-state index is 13.6. The van der Waals surface area contributed by atoms with Crippen LogP contribution in [-0.2, 0) is 27.9 Å². The van der Waals surface area contributed by atoms with Gasteiger partial charge in [-0.25, -0.2) is 4.57 Å².